The lowest BCUT2D eigenvalue weighted by atomic mass is 10.3. The fraction of sp³-hybridized carbons (Fsp3) is 0.176. The number of hydrogen-bond acceptors (Lipinski definition) is 3. The van der Waals surface area contributed by atoms with Crippen molar-refractivity contribution in [3.8, 4) is 0 Å². The topological polar surface area (TPSA) is 58.2 Å². The van der Waals surface area contributed by atoms with E-state index in [-0.39, 0.29) is 17.1 Å². The second-order valence-corrected chi connectivity index (χ2v) is 6.81. The first kappa shape index (κ1) is 17.4. The van der Waals surface area contributed by atoms with Gasteiger partial charge in [-0.25, -0.2) is 0 Å². The molecule has 2 aromatic rings. The van der Waals surface area contributed by atoms with Crippen molar-refractivity contribution in [2.45, 2.75) is 24.0 Å². The van der Waals surface area contributed by atoms with E-state index in [2.05, 4.69) is 10.6 Å². The van der Waals surface area contributed by atoms with Crippen molar-refractivity contribution in [1.29, 1.82) is 0 Å². The van der Waals surface area contributed by atoms with E-state index in [9.17, 15) is 9.59 Å². The third-order valence-corrected chi connectivity index (χ3v) is 4.33. The van der Waals surface area contributed by atoms with Crippen LogP contribution in [0.3, 0.4) is 0 Å². The first-order chi connectivity index (χ1) is 10.9. The van der Waals surface area contributed by atoms with Crippen LogP contribution in [0.4, 0.5) is 11.4 Å². The molecule has 2 aromatic carbocycles. The van der Waals surface area contributed by atoms with E-state index in [0.717, 1.165) is 10.6 Å². The van der Waals surface area contributed by atoms with Crippen LogP contribution in [0, 0.1) is 0 Å². The molecule has 2 amide bonds. The van der Waals surface area contributed by atoms with Crippen LogP contribution < -0.4 is 10.6 Å². The number of halogens is 1. The van der Waals surface area contributed by atoms with Gasteiger partial charge in [0.25, 0.3) is 0 Å². The number of rotatable bonds is 5. The molecule has 0 saturated carbocycles. The van der Waals surface area contributed by atoms with E-state index in [1.54, 1.807) is 24.3 Å². The van der Waals surface area contributed by atoms with Gasteiger partial charge in [0.15, 0.2) is 0 Å². The summed E-state index contributed by atoms with van der Waals surface area (Å²) >= 11 is 7.27. The van der Waals surface area contributed by atoms with Crippen LogP contribution in [0.2, 0.25) is 5.02 Å². The van der Waals surface area contributed by atoms with Crippen LogP contribution in [0.1, 0.15) is 13.8 Å². The molecule has 0 aromatic heterocycles. The van der Waals surface area contributed by atoms with Crippen molar-refractivity contribution in [1.82, 2.24) is 0 Å². The lowest BCUT2D eigenvalue weighted by Crippen LogP contribution is -2.22. The Kier molecular flexibility index (Phi) is 6.07. The fourth-order valence-electron chi connectivity index (χ4n) is 1.85. The first-order valence-electron chi connectivity index (χ1n) is 7.05. The van der Waals surface area contributed by atoms with Gasteiger partial charge in [0, 0.05) is 28.2 Å². The number of carbonyl (C=O) groups is 2. The van der Waals surface area contributed by atoms with Crippen LogP contribution in [0.15, 0.2) is 53.4 Å². The molecule has 6 heteroatoms. The number of hydrogen-bond donors (Lipinski definition) is 2. The lowest BCUT2D eigenvalue weighted by molar-refractivity contribution is -0.115. The third-order valence-electron chi connectivity index (χ3n) is 2.97. The molecule has 0 spiro atoms. The first-order valence-corrected chi connectivity index (χ1v) is 8.30. The summed E-state index contributed by atoms with van der Waals surface area (Å²) in [5.74, 6) is -0.190. The van der Waals surface area contributed by atoms with Gasteiger partial charge < -0.3 is 10.6 Å². The number of thioether (sulfide) groups is 1. The summed E-state index contributed by atoms with van der Waals surface area (Å²) in [6.07, 6.45) is 0. The van der Waals surface area contributed by atoms with Crippen LogP contribution in [-0.2, 0) is 9.59 Å². The molecule has 1 atom stereocenters. The van der Waals surface area contributed by atoms with Gasteiger partial charge in [0.05, 0.1) is 5.25 Å². The molecule has 0 aliphatic heterocycles. The van der Waals surface area contributed by atoms with E-state index < -0.39 is 0 Å². The Labute approximate surface area is 144 Å². The highest BCUT2D eigenvalue weighted by Gasteiger charge is 2.14. The van der Waals surface area contributed by atoms with Crippen molar-refractivity contribution in [2.75, 3.05) is 10.6 Å². The fourth-order valence-corrected chi connectivity index (χ4v) is 2.85. The Morgan fingerprint density at radius 2 is 1.48 bits per heavy atom. The summed E-state index contributed by atoms with van der Waals surface area (Å²) in [7, 11) is 0. The minimum atomic E-state index is -0.253. The Hall–Kier alpha value is -1.98. The molecule has 0 aliphatic carbocycles. The minimum absolute atomic E-state index is 0.0803. The van der Waals surface area contributed by atoms with Gasteiger partial charge in [-0.3, -0.25) is 9.59 Å². The summed E-state index contributed by atoms with van der Waals surface area (Å²) < 4.78 is 0. The monoisotopic (exact) mass is 348 g/mol. The van der Waals surface area contributed by atoms with Gasteiger partial charge in [-0.05, 0) is 55.5 Å². The van der Waals surface area contributed by atoms with E-state index in [0.29, 0.717) is 10.7 Å². The quantitative estimate of drug-likeness (QED) is 0.786. The van der Waals surface area contributed by atoms with Gasteiger partial charge in [-0.15, -0.1) is 11.8 Å². The molecule has 1 unspecified atom stereocenters. The molecule has 120 valence electrons. The van der Waals surface area contributed by atoms with Crippen molar-refractivity contribution in [2.24, 2.45) is 0 Å². The van der Waals surface area contributed by atoms with E-state index in [1.807, 2.05) is 31.2 Å². The van der Waals surface area contributed by atoms with Crippen LogP contribution in [0.25, 0.3) is 0 Å². The summed E-state index contributed by atoms with van der Waals surface area (Å²) in [6.45, 7) is 3.31. The number of amides is 2. The standard InChI is InChI=1S/C17H17ClN2O2S/c1-11(17(22)20-15-5-3-13(18)4-6-15)23-16-9-7-14(8-10-16)19-12(2)21/h3-11H,1-2H3,(H,19,21)(H,20,22). The van der Waals surface area contributed by atoms with Gasteiger partial charge in [-0.2, -0.15) is 0 Å². The number of nitrogens with one attached hydrogen (secondary N) is 2. The molecular formula is C17H17ClN2O2S. The maximum atomic E-state index is 12.2. The molecule has 0 aliphatic rings. The maximum Gasteiger partial charge on any atom is 0.237 e. The minimum Gasteiger partial charge on any atom is -0.326 e. The number of benzene rings is 2. The number of carbonyl (C=O) groups excluding carboxylic acids is 2. The smallest absolute Gasteiger partial charge is 0.237 e. The zero-order valence-corrected chi connectivity index (χ0v) is 14.4. The average molecular weight is 349 g/mol. The molecule has 0 saturated heterocycles. The Balaban J connectivity index is 1.92. The Bertz CT molecular complexity index is 687. The molecular weight excluding hydrogens is 332 g/mol. The van der Waals surface area contributed by atoms with Gasteiger partial charge in [0.1, 0.15) is 0 Å². The Morgan fingerprint density at radius 1 is 0.957 bits per heavy atom. The Morgan fingerprint density at radius 3 is 2.04 bits per heavy atom. The van der Waals surface area contributed by atoms with Crippen molar-refractivity contribution >= 4 is 46.6 Å². The van der Waals surface area contributed by atoms with Gasteiger partial charge in [-0.1, -0.05) is 11.6 Å². The van der Waals surface area contributed by atoms with Crippen LogP contribution in [0.5, 0.6) is 0 Å². The van der Waals surface area contributed by atoms with E-state index in [4.69, 9.17) is 11.6 Å². The van der Waals surface area contributed by atoms with Crippen molar-refractivity contribution < 1.29 is 9.59 Å². The summed E-state index contributed by atoms with van der Waals surface area (Å²) in [6, 6.07) is 14.4. The molecule has 0 bridgehead atoms. The largest absolute Gasteiger partial charge is 0.326 e. The van der Waals surface area contributed by atoms with Crippen molar-refractivity contribution in [3.63, 3.8) is 0 Å². The zero-order chi connectivity index (χ0) is 16.8. The van der Waals surface area contributed by atoms with Crippen LogP contribution in [-0.4, -0.2) is 17.1 Å². The molecule has 0 fully saturated rings. The predicted octanol–water partition coefficient (Wildman–Crippen LogP) is 4.42. The summed E-state index contributed by atoms with van der Waals surface area (Å²) in [5, 5.41) is 5.94. The molecule has 2 N–H and O–H groups in total. The highest BCUT2D eigenvalue weighted by Crippen LogP contribution is 2.25. The average Bonchev–Trinajstić information content (AvgIpc) is 2.51. The third kappa shape index (κ3) is 5.62. The normalized spacial score (nSPS) is 11.6. The summed E-state index contributed by atoms with van der Waals surface area (Å²) in [5.41, 5.74) is 1.45. The highest BCUT2D eigenvalue weighted by atomic mass is 35.5. The molecule has 0 heterocycles. The van der Waals surface area contributed by atoms with Crippen molar-refractivity contribution in [3.05, 3.63) is 53.6 Å². The second-order valence-electron chi connectivity index (χ2n) is 4.96. The highest BCUT2D eigenvalue weighted by molar-refractivity contribution is 8.00. The molecule has 0 radical (unpaired) electrons. The number of anilines is 2. The van der Waals surface area contributed by atoms with Crippen LogP contribution >= 0.6 is 23.4 Å². The SMILES string of the molecule is CC(=O)Nc1ccc(SC(C)C(=O)Nc2ccc(Cl)cc2)cc1. The van der Waals surface area contributed by atoms with Gasteiger partial charge >= 0.3 is 0 Å². The summed E-state index contributed by atoms with van der Waals surface area (Å²) in [4.78, 5) is 24.1. The second kappa shape index (κ2) is 8.04. The maximum absolute atomic E-state index is 12.2. The lowest BCUT2D eigenvalue weighted by Gasteiger charge is -2.12. The molecule has 4 nitrogen and oxygen atoms in total. The van der Waals surface area contributed by atoms with E-state index in [1.165, 1.54) is 18.7 Å². The predicted molar refractivity (Wildman–Crippen MR) is 96.1 cm³/mol. The van der Waals surface area contributed by atoms with Gasteiger partial charge in [0.2, 0.25) is 11.8 Å². The molecule has 2 rings (SSSR count). The van der Waals surface area contributed by atoms with E-state index >= 15 is 0 Å². The zero-order valence-electron chi connectivity index (χ0n) is 12.8. The molecule has 23 heavy (non-hydrogen) atoms.